The number of halogens is 2. The summed E-state index contributed by atoms with van der Waals surface area (Å²) in [4.78, 5) is 20.8. The summed E-state index contributed by atoms with van der Waals surface area (Å²) in [5.41, 5.74) is 5.04. The van der Waals surface area contributed by atoms with Gasteiger partial charge in [-0.1, -0.05) is 11.6 Å². The van der Waals surface area contributed by atoms with Crippen LogP contribution in [0.1, 0.15) is 85.7 Å². The van der Waals surface area contributed by atoms with E-state index in [4.69, 9.17) is 21.1 Å². The predicted octanol–water partition coefficient (Wildman–Crippen LogP) is 10.4. The van der Waals surface area contributed by atoms with Crippen molar-refractivity contribution in [3.63, 3.8) is 0 Å². The first-order valence-electron chi connectivity index (χ1n) is 15.6. The zero-order valence-electron chi connectivity index (χ0n) is 25.7. The Bertz CT molecular complexity index is 1980. The van der Waals surface area contributed by atoms with Gasteiger partial charge in [0.05, 0.1) is 27.7 Å². The van der Waals surface area contributed by atoms with E-state index in [-0.39, 0.29) is 18.0 Å². The Morgan fingerprint density at radius 3 is 2.64 bits per heavy atom. The monoisotopic (exact) mass is 643 g/mol. The first-order chi connectivity index (χ1) is 21.5. The lowest BCUT2D eigenvalue weighted by atomic mass is 10.0. The molecule has 1 saturated carbocycles. The number of hydrogen-bond donors (Lipinski definition) is 1. The molecule has 2 atom stereocenters. The molecule has 3 aliphatic rings. The Balaban J connectivity index is 1.20. The molecule has 1 saturated heterocycles. The summed E-state index contributed by atoms with van der Waals surface area (Å²) in [7, 11) is 0. The first-order valence-corrected chi connectivity index (χ1v) is 16.8. The van der Waals surface area contributed by atoms with Crippen molar-refractivity contribution < 1.29 is 18.7 Å². The lowest BCUT2D eigenvalue weighted by Crippen LogP contribution is -2.36. The Morgan fingerprint density at radius 2 is 1.87 bits per heavy atom. The van der Waals surface area contributed by atoms with E-state index < -0.39 is 11.8 Å². The minimum Gasteiger partial charge on any atom is -0.464 e. The van der Waals surface area contributed by atoms with E-state index in [1.54, 1.807) is 22.3 Å². The van der Waals surface area contributed by atoms with Crippen LogP contribution >= 0.6 is 22.9 Å². The van der Waals surface area contributed by atoms with Crippen LogP contribution in [0.5, 0.6) is 5.75 Å². The van der Waals surface area contributed by atoms with Gasteiger partial charge in [0.2, 0.25) is 6.23 Å². The molecule has 0 spiro atoms. The third-order valence-corrected chi connectivity index (χ3v) is 10.5. The third-order valence-electron chi connectivity index (χ3n) is 9.03. The number of benzene rings is 2. The van der Waals surface area contributed by atoms with E-state index >= 15 is 4.39 Å². The second-order valence-corrected chi connectivity index (χ2v) is 15.1. The number of nitrogens with one attached hydrogen (secondary N) is 1. The van der Waals surface area contributed by atoms with Crippen LogP contribution in [0.2, 0.25) is 5.02 Å². The number of hydrogen-bond acceptors (Lipinski definition) is 4. The van der Waals surface area contributed by atoms with Gasteiger partial charge in [0, 0.05) is 38.8 Å². The molecule has 2 fully saturated rings. The highest BCUT2D eigenvalue weighted by Crippen LogP contribution is 2.50. The van der Waals surface area contributed by atoms with Gasteiger partial charge < -0.3 is 14.5 Å². The molecule has 0 radical (unpaired) electrons. The highest BCUT2D eigenvalue weighted by atomic mass is 35.5. The molecular formula is C36H35ClFN3O3S. The molecule has 6 nitrogen and oxygen atoms in total. The number of fused-ring (bicyclic) bond motifs is 5. The van der Waals surface area contributed by atoms with E-state index in [2.05, 4.69) is 21.7 Å². The summed E-state index contributed by atoms with van der Waals surface area (Å²) in [6.07, 6.45) is 3.45. The number of rotatable bonds is 4. The second-order valence-electron chi connectivity index (χ2n) is 13.5. The number of carbonyl (C=O) groups is 1. The smallest absolute Gasteiger partial charge is 0.410 e. The molecule has 2 aliphatic heterocycles. The van der Waals surface area contributed by atoms with Crippen molar-refractivity contribution in [3.05, 3.63) is 86.4 Å². The van der Waals surface area contributed by atoms with Crippen LogP contribution in [0.15, 0.2) is 54.6 Å². The van der Waals surface area contributed by atoms with Gasteiger partial charge in [-0.25, -0.2) is 9.18 Å². The van der Waals surface area contributed by atoms with Gasteiger partial charge in [-0.2, -0.15) is 0 Å². The molecule has 8 rings (SSSR count). The van der Waals surface area contributed by atoms with Crippen molar-refractivity contribution in [2.24, 2.45) is 0 Å². The molecule has 5 heterocycles. The highest BCUT2D eigenvalue weighted by molar-refractivity contribution is 7.12. The maximum Gasteiger partial charge on any atom is 0.410 e. The summed E-state index contributed by atoms with van der Waals surface area (Å²) in [6, 6.07) is 17.6. The third kappa shape index (κ3) is 5.03. The first kappa shape index (κ1) is 28.7. The molecule has 1 amide bonds. The van der Waals surface area contributed by atoms with Gasteiger partial charge in [0.15, 0.2) is 0 Å². The van der Waals surface area contributed by atoms with Gasteiger partial charge in [0.1, 0.15) is 17.2 Å². The fourth-order valence-electron chi connectivity index (χ4n) is 6.86. The summed E-state index contributed by atoms with van der Waals surface area (Å²) >= 11 is 8.15. The number of ether oxygens (including phenoxy) is 2. The average molecular weight is 644 g/mol. The zero-order valence-corrected chi connectivity index (χ0v) is 27.3. The van der Waals surface area contributed by atoms with Crippen molar-refractivity contribution in [2.45, 2.75) is 77.2 Å². The van der Waals surface area contributed by atoms with E-state index in [0.717, 1.165) is 51.3 Å². The molecule has 45 heavy (non-hydrogen) atoms. The SMILES string of the molecule is Cc1cc(-c2cc(F)c3c(c2)OC(c2ccc(C4CC4)s2)n2c-3cc3cc(Cl)ccc32)[nH]c1C1CCCN1C(=O)OC(C)(C)C. The Kier molecular flexibility index (Phi) is 6.63. The molecule has 1 N–H and O–H groups in total. The maximum absolute atomic E-state index is 16.3. The largest absolute Gasteiger partial charge is 0.464 e. The molecule has 9 heteroatoms. The van der Waals surface area contributed by atoms with E-state index in [1.807, 2.05) is 64.1 Å². The summed E-state index contributed by atoms with van der Waals surface area (Å²) < 4.78 is 30.8. The maximum atomic E-state index is 16.3. The molecule has 3 aromatic heterocycles. The molecule has 0 bridgehead atoms. The van der Waals surface area contributed by atoms with Crippen LogP contribution in [-0.2, 0) is 4.74 Å². The average Bonchev–Trinajstić information content (AvgIpc) is 3.34. The lowest BCUT2D eigenvalue weighted by molar-refractivity contribution is 0.0221. The van der Waals surface area contributed by atoms with Crippen LogP contribution in [0.25, 0.3) is 33.4 Å². The second kappa shape index (κ2) is 10.4. The molecular weight excluding hydrogens is 609 g/mol. The Hall–Kier alpha value is -3.75. The zero-order chi connectivity index (χ0) is 31.2. The van der Waals surface area contributed by atoms with Gasteiger partial charge >= 0.3 is 6.09 Å². The Labute approximate surface area is 270 Å². The van der Waals surface area contributed by atoms with Crippen LogP contribution in [0.4, 0.5) is 9.18 Å². The van der Waals surface area contributed by atoms with Gasteiger partial charge in [-0.05, 0) is 119 Å². The number of amides is 1. The van der Waals surface area contributed by atoms with E-state index in [9.17, 15) is 4.79 Å². The summed E-state index contributed by atoms with van der Waals surface area (Å²) in [6.45, 7) is 8.31. The number of aryl methyl sites for hydroxylation is 1. The number of aromatic amines is 1. The summed E-state index contributed by atoms with van der Waals surface area (Å²) in [5.74, 6) is 0.786. The van der Waals surface area contributed by atoms with E-state index in [0.29, 0.717) is 34.4 Å². The molecule has 5 aromatic rings. The van der Waals surface area contributed by atoms with Crippen LogP contribution in [0.3, 0.4) is 0 Å². The molecule has 2 unspecified atom stereocenters. The molecule has 232 valence electrons. The fraction of sp³-hybridized carbons (Fsp3) is 0.361. The number of likely N-dealkylation sites (tertiary alicyclic amines) is 1. The highest BCUT2D eigenvalue weighted by Gasteiger charge is 2.36. The fourth-order valence-corrected chi connectivity index (χ4v) is 8.24. The van der Waals surface area contributed by atoms with Crippen molar-refractivity contribution in [1.82, 2.24) is 14.5 Å². The number of nitrogens with zero attached hydrogens (tertiary/aromatic N) is 2. The minimum atomic E-state index is -0.570. The topological polar surface area (TPSA) is 59.5 Å². The van der Waals surface area contributed by atoms with Crippen molar-refractivity contribution in [2.75, 3.05) is 6.54 Å². The van der Waals surface area contributed by atoms with Gasteiger partial charge in [-0.3, -0.25) is 9.47 Å². The minimum absolute atomic E-state index is 0.126. The number of carbonyl (C=O) groups excluding carboxylic acids is 1. The van der Waals surface area contributed by atoms with Crippen LogP contribution in [0, 0.1) is 12.7 Å². The van der Waals surface area contributed by atoms with Crippen molar-refractivity contribution >= 4 is 39.9 Å². The van der Waals surface area contributed by atoms with Crippen LogP contribution in [-0.4, -0.2) is 32.7 Å². The molecule has 2 aromatic carbocycles. The number of thiophene rings is 1. The van der Waals surface area contributed by atoms with Gasteiger partial charge in [0.25, 0.3) is 0 Å². The quantitative estimate of drug-likeness (QED) is 0.212. The predicted molar refractivity (Wildman–Crippen MR) is 177 cm³/mol. The number of aromatic nitrogens is 2. The normalized spacial score (nSPS) is 19.5. The lowest BCUT2D eigenvalue weighted by Gasteiger charge is -2.30. The van der Waals surface area contributed by atoms with Gasteiger partial charge in [-0.15, -0.1) is 11.3 Å². The number of H-pyrrole nitrogens is 1. The van der Waals surface area contributed by atoms with Crippen molar-refractivity contribution in [1.29, 1.82) is 0 Å². The summed E-state index contributed by atoms with van der Waals surface area (Å²) in [5, 5.41) is 1.58. The standard InChI is InChI=1S/C36H35ClFN3O3S/c1-19-14-25(39-33(19)27-6-5-13-40(27)35(42)44-36(2,3)4)21-16-24(38)32-28-17-22-15-23(37)9-10-26(22)41(28)34(43-29(32)18-21)31-12-11-30(45-31)20-7-8-20/h9-12,14-18,20,27,34,39H,5-8,13H2,1-4H3. The van der Waals surface area contributed by atoms with Crippen molar-refractivity contribution in [3.8, 4) is 28.3 Å². The molecule has 1 aliphatic carbocycles. The van der Waals surface area contributed by atoms with Crippen LogP contribution < -0.4 is 4.74 Å². The van der Waals surface area contributed by atoms with E-state index in [1.165, 1.54) is 17.7 Å². The Morgan fingerprint density at radius 1 is 1.07 bits per heavy atom.